The van der Waals surface area contributed by atoms with E-state index in [9.17, 15) is 0 Å². The van der Waals surface area contributed by atoms with Crippen molar-refractivity contribution < 1.29 is 4.74 Å². The number of benzene rings is 1. The summed E-state index contributed by atoms with van der Waals surface area (Å²) in [6.07, 6.45) is 5.63. The molecule has 0 saturated heterocycles. The molecule has 0 radical (unpaired) electrons. The summed E-state index contributed by atoms with van der Waals surface area (Å²) < 4.78 is 5.35. The maximum Gasteiger partial charge on any atom is 0.121 e. The Kier molecular flexibility index (Phi) is 6.28. The number of aromatic nitrogens is 1. The van der Waals surface area contributed by atoms with Crippen molar-refractivity contribution in [3.8, 4) is 5.75 Å². The molecule has 0 aliphatic rings. The van der Waals surface area contributed by atoms with E-state index in [2.05, 4.69) is 28.6 Å². The molecular formula is C17H25N3O. The molecule has 0 spiro atoms. The number of fused-ring (bicyclic) bond motifs is 1. The van der Waals surface area contributed by atoms with Crippen molar-refractivity contribution in [2.75, 3.05) is 32.1 Å². The fraction of sp³-hybridized carbons (Fsp3) is 0.471. The highest BCUT2D eigenvalue weighted by Crippen LogP contribution is 2.27. The number of hydrogen-bond donors (Lipinski definition) is 2. The second kappa shape index (κ2) is 8.47. The molecule has 0 saturated carbocycles. The summed E-state index contributed by atoms with van der Waals surface area (Å²) in [6.45, 7) is 5.15. The Morgan fingerprint density at radius 2 is 2.05 bits per heavy atom. The van der Waals surface area contributed by atoms with E-state index in [1.807, 2.05) is 24.4 Å². The van der Waals surface area contributed by atoms with Gasteiger partial charge in [-0.2, -0.15) is 0 Å². The Bertz CT molecular complexity index is 557. The van der Waals surface area contributed by atoms with Crippen molar-refractivity contribution in [1.29, 1.82) is 0 Å². The van der Waals surface area contributed by atoms with Crippen molar-refractivity contribution in [2.24, 2.45) is 0 Å². The van der Waals surface area contributed by atoms with Gasteiger partial charge in [0.15, 0.2) is 0 Å². The molecule has 1 aromatic heterocycles. The van der Waals surface area contributed by atoms with E-state index >= 15 is 0 Å². The quantitative estimate of drug-likeness (QED) is 0.694. The molecule has 0 bridgehead atoms. The molecule has 0 fully saturated rings. The number of nitrogens with one attached hydrogen (secondary N) is 2. The van der Waals surface area contributed by atoms with Crippen LogP contribution in [0.1, 0.15) is 26.2 Å². The summed E-state index contributed by atoms with van der Waals surface area (Å²) in [5, 5.41) is 7.99. The number of pyridine rings is 1. The minimum atomic E-state index is 0.855. The molecular weight excluding hydrogens is 262 g/mol. The number of hydrogen-bond acceptors (Lipinski definition) is 4. The predicted molar refractivity (Wildman–Crippen MR) is 89.2 cm³/mol. The molecule has 114 valence electrons. The first-order chi connectivity index (χ1) is 10.3. The second-order valence-electron chi connectivity index (χ2n) is 5.13. The molecule has 2 rings (SSSR count). The highest BCUT2D eigenvalue weighted by atomic mass is 16.5. The minimum absolute atomic E-state index is 0.855. The average molecular weight is 287 g/mol. The number of unbranched alkanes of at least 4 members (excludes halogenated alkanes) is 2. The normalized spacial score (nSPS) is 10.8. The zero-order valence-electron chi connectivity index (χ0n) is 13.0. The molecule has 2 aromatic rings. The summed E-state index contributed by atoms with van der Waals surface area (Å²) in [6, 6.07) is 8.02. The van der Waals surface area contributed by atoms with Gasteiger partial charge < -0.3 is 15.4 Å². The molecule has 1 aromatic carbocycles. The van der Waals surface area contributed by atoms with Crippen LogP contribution < -0.4 is 15.4 Å². The first kappa shape index (κ1) is 15.6. The average Bonchev–Trinajstić information content (AvgIpc) is 2.53. The molecule has 1 heterocycles. The Labute approximate surface area is 126 Å². The minimum Gasteiger partial charge on any atom is -0.497 e. The summed E-state index contributed by atoms with van der Waals surface area (Å²) in [7, 11) is 1.69. The van der Waals surface area contributed by atoms with Crippen molar-refractivity contribution in [2.45, 2.75) is 26.2 Å². The van der Waals surface area contributed by atoms with Gasteiger partial charge in [-0.3, -0.25) is 4.98 Å². The second-order valence-corrected chi connectivity index (χ2v) is 5.13. The van der Waals surface area contributed by atoms with Crippen molar-refractivity contribution in [1.82, 2.24) is 10.3 Å². The smallest absolute Gasteiger partial charge is 0.121 e. The van der Waals surface area contributed by atoms with Gasteiger partial charge in [-0.25, -0.2) is 0 Å². The van der Waals surface area contributed by atoms with Gasteiger partial charge in [-0.1, -0.05) is 25.8 Å². The fourth-order valence-electron chi connectivity index (χ4n) is 2.33. The molecule has 21 heavy (non-hydrogen) atoms. The highest BCUT2D eigenvalue weighted by molar-refractivity contribution is 5.91. The van der Waals surface area contributed by atoms with Crippen LogP contribution in [0.15, 0.2) is 30.5 Å². The summed E-state index contributed by atoms with van der Waals surface area (Å²) in [4.78, 5) is 4.46. The Morgan fingerprint density at radius 1 is 1.14 bits per heavy atom. The van der Waals surface area contributed by atoms with E-state index in [1.165, 1.54) is 19.3 Å². The van der Waals surface area contributed by atoms with Crippen LogP contribution >= 0.6 is 0 Å². The molecule has 0 atom stereocenters. The largest absolute Gasteiger partial charge is 0.497 e. The maximum absolute atomic E-state index is 5.35. The Hall–Kier alpha value is -1.81. The van der Waals surface area contributed by atoms with Gasteiger partial charge in [0.25, 0.3) is 0 Å². The molecule has 0 amide bonds. The Balaban J connectivity index is 1.91. The van der Waals surface area contributed by atoms with Gasteiger partial charge in [-0.05, 0) is 25.1 Å². The monoisotopic (exact) mass is 287 g/mol. The topological polar surface area (TPSA) is 46.2 Å². The molecule has 4 nitrogen and oxygen atoms in total. The molecule has 2 N–H and O–H groups in total. The summed E-state index contributed by atoms with van der Waals surface area (Å²) in [5.41, 5.74) is 2.02. The SMILES string of the molecule is CCCCCNCCNc1cc(OC)cc2cccnc12. The lowest BCUT2D eigenvalue weighted by Crippen LogP contribution is -2.23. The highest BCUT2D eigenvalue weighted by Gasteiger charge is 2.05. The van der Waals surface area contributed by atoms with Gasteiger partial charge in [-0.15, -0.1) is 0 Å². The predicted octanol–water partition coefficient (Wildman–Crippen LogP) is 3.44. The van der Waals surface area contributed by atoms with Crippen LogP contribution in [0.25, 0.3) is 10.9 Å². The fourth-order valence-corrected chi connectivity index (χ4v) is 2.33. The van der Waals surface area contributed by atoms with Crippen molar-refractivity contribution in [3.05, 3.63) is 30.5 Å². The molecule has 0 aliphatic heterocycles. The van der Waals surface area contributed by atoms with Crippen LogP contribution in [0.4, 0.5) is 5.69 Å². The van der Waals surface area contributed by atoms with Crippen molar-refractivity contribution >= 4 is 16.6 Å². The third kappa shape index (κ3) is 4.60. The van der Waals surface area contributed by atoms with E-state index in [1.54, 1.807) is 7.11 Å². The Morgan fingerprint density at radius 3 is 2.86 bits per heavy atom. The van der Waals surface area contributed by atoms with Gasteiger partial charge in [0.2, 0.25) is 0 Å². The van der Waals surface area contributed by atoms with Crippen LogP contribution in [0.2, 0.25) is 0 Å². The summed E-state index contributed by atoms with van der Waals surface area (Å²) >= 11 is 0. The number of anilines is 1. The van der Waals surface area contributed by atoms with E-state index in [0.29, 0.717) is 0 Å². The lowest BCUT2D eigenvalue weighted by atomic mass is 10.2. The van der Waals surface area contributed by atoms with E-state index in [0.717, 1.165) is 42.0 Å². The third-order valence-electron chi connectivity index (χ3n) is 3.49. The van der Waals surface area contributed by atoms with Crippen LogP contribution in [-0.4, -0.2) is 31.7 Å². The first-order valence-corrected chi connectivity index (χ1v) is 7.72. The lowest BCUT2D eigenvalue weighted by molar-refractivity contribution is 0.415. The van der Waals surface area contributed by atoms with E-state index in [-0.39, 0.29) is 0 Å². The lowest BCUT2D eigenvalue weighted by Gasteiger charge is -2.11. The number of rotatable bonds is 9. The van der Waals surface area contributed by atoms with Gasteiger partial charge >= 0.3 is 0 Å². The standard InChI is InChI=1S/C17H25N3O/c1-3-4-5-8-18-10-11-19-16-13-15(21-2)12-14-7-6-9-20-17(14)16/h6-7,9,12-13,18-19H,3-5,8,10-11H2,1-2H3. The van der Waals surface area contributed by atoms with Gasteiger partial charge in [0, 0.05) is 30.7 Å². The zero-order chi connectivity index (χ0) is 14.9. The zero-order valence-corrected chi connectivity index (χ0v) is 13.0. The van der Waals surface area contributed by atoms with E-state index < -0.39 is 0 Å². The first-order valence-electron chi connectivity index (χ1n) is 7.72. The summed E-state index contributed by atoms with van der Waals surface area (Å²) in [5.74, 6) is 0.855. The third-order valence-corrected chi connectivity index (χ3v) is 3.49. The molecule has 0 aliphatic carbocycles. The van der Waals surface area contributed by atoms with Crippen LogP contribution in [0, 0.1) is 0 Å². The number of methoxy groups -OCH3 is 1. The maximum atomic E-state index is 5.35. The van der Waals surface area contributed by atoms with Gasteiger partial charge in [0.05, 0.1) is 18.3 Å². The van der Waals surface area contributed by atoms with Crippen LogP contribution in [0.3, 0.4) is 0 Å². The van der Waals surface area contributed by atoms with Crippen molar-refractivity contribution in [3.63, 3.8) is 0 Å². The van der Waals surface area contributed by atoms with Crippen LogP contribution in [-0.2, 0) is 0 Å². The number of nitrogens with zero attached hydrogens (tertiary/aromatic N) is 1. The van der Waals surface area contributed by atoms with Gasteiger partial charge in [0.1, 0.15) is 5.75 Å². The number of ether oxygens (including phenoxy) is 1. The molecule has 4 heteroatoms. The van der Waals surface area contributed by atoms with E-state index in [4.69, 9.17) is 4.74 Å². The molecule has 0 unspecified atom stereocenters. The van der Waals surface area contributed by atoms with Crippen LogP contribution in [0.5, 0.6) is 5.75 Å².